The molecule has 0 saturated carbocycles. The van der Waals surface area contributed by atoms with Gasteiger partial charge in [-0.15, -0.1) is 5.10 Å². The number of carbonyl (C=O) groups excluding carboxylic acids is 1. The summed E-state index contributed by atoms with van der Waals surface area (Å²) in [6.45, 7) is 1.16. The van der Waals surface area contributed by atoms with Gasteiger partial charge in [-0.1, -0.05) is 11.4 Å². The SMILES string of the molecule is CCC(CO)(CO)NC(=O)c1cnns1. The van der Waals surface area contributed by atoms with E-state index in [9.17, 15) is 4.79 Å². The zero-order valence-corrected chi connectivity index (χ0v) is 9.12. The van der Waals surface area contributed by atoms with Crippen molar-refractivity contribution >= 4 is 17.4 Å². The number of aliphatic hydroxyl groups excluding tert-OH is 2. The summed E-state index contributed by atoms with van der Waals surface area (Å²) in [5, 5.41) is 24.3. The lowest BCUT2D eigenvalue weighted by Gasteiger charge is -2.29. The van der Waals surface area contributed by atoms with Gasteiger partial charge in [0.1, 0.15) is 4.88 Å². The molecule has 1 amide bonds. The highest BCUT2D eigenvalue weighted by Gasteiger charge is 2.29. The maximum atomic E-state index is 11.6. The minimum Gasteiger partial charge on any atom is -0.394 e. The lowest BCUT2D eigenvalue weighted by molar-refractivity contribution is 0.0656. The van der Waals surface area contributed by atoms with Crippen molar-refractivity contribution in [2.45, 2.75) is 18.9 Å². The van der Waals surface area contributed by atoms with Gasteiger partial charge in [0, 0.05) is 0 Å². The lowest BCUT2D eigenvalue weighted by atomic mass is 9.98. The number of aromatic nitrogens is 2. The summed E-state index contributed by atoms with van der Waals surface area (Å²) in [6, 6.07) is 0. The van der Waals surface area contributed by atoms with Gasteiger partial charge in [0.25, 0.3) is 5.91 Å². The molecular formula is C8H13N3O3S. The van der Waals surface area contributed by atoms with Crippen molar-refractivity contribution in [3.05, 3.63) is 11.1 Å². The van der Waals surface area contributed by atoms with Crippen LogP contribution in [0, 0.1) is 0 Å². The summed E-state index contributed by atoms with van der Waals surface area (Å²) in [5.41, 5.74) is -0.971. The molecule has 1 heterocycles. The Hall–Kier alpha value is -1.05. The van der Waals surface area contributed by atoms with E-state index in [2.05, 4.69) is 14.9 Å². The minimum atomic E-state index is -0.971. The Balaban J connectivity index is 2.71. The van der Waals surface area contributed by atoms with Crippen LogP contribution in [0.3, 0.4) is 0 Å². The number of hydrogen-bond donors (Lipinski definition) is 3. The fourth-order valence-corrected chi connectivity index (χ4v) is 1.42. The molecule has 0 radical (unpaired) electrons. The standard InChI is InChI=1S/C8H13N3O3S/c1-2-8(4-12,5-13)10-7(14)6-3-9-11-15-6/h3,12-13H,2,4-5H2,1H3,(H,10,14). The topological polar surface area (TPSA) is 95.3 Å². The number of nitrogens with zero attached hydrogens (tertiary/aromatic N) is 2. The lowest BCUT2D eigenvalue weighted by Crippen LogP contribution is -2.53. The van der Waals surface area contributed by atoms with Gasteiger partial charge >= 0.3 is 0 Å². The first-order valence-electron chi connectivity index (χ1n) is 4.49. The maximum absolute atomic E-state index is 11.6. The van der Waals surface area contributed by atoms with E-state index in [0.717, 1.165) is 11.5 Å². The van der Waals surface area contributed by atoms with E-state index in [1.807, 2.05) is 0 Å². The molecule has 0 unspecified atom stereocenters. The van der Waals surface area contributed by atoms with E-state index in [4.69, 9.17) is 10.2 Å². The third-order valence-corrected chi connectivity index (χ3v) is 2.91. The molecule has 0 aromatic carbocycles. The molecule has 84 valence electrons. The summed E-state index contributed by atoms with van der Waals surface area (Å²) in [4.78, 5) is 12.0. The minimum absolute atomic E-state index is 0.308. The highest BCUT2D eigenvalue weighted by Crippen LogP contribution is 2.11. The average Bonchev–Trinajstić information content (AvgIpc) is 2.79. The highest BCUT2D eigenvalue weighted by atomic mass is 32.1. The molecule has 0 aliphatic rings. The first-order chi connectivity index (χ1) is 7.17. The number of carbonyl (C=O) groups is 1. The molecule has 7 heteroatoms. The van der Waals surface area contributed by atoms with Crippen molar-refractivity contribution in [2.75, 3.05) is 13.2 Å². The molecule has 1 rings (SSSR count). The zero-order chi connectivity index (χ0) is 11.3. The van der Waals surface area contributed by atoms with Crippen molar-refractivity contribution in [1.82, 2.24) is 14.9 Å². The van der Waals surface area contributed by atoms with Crippen LogP contribution in [-0.2, 0) is 0 Å². The van der Waals surface area contributed by atoms with E-state index in [0.29, 0.717) is 11.3 Å². The van der Waals surface area contributed by atoms with Gasteiger partial charge in [-0.2, -0.15) is 0 Å². The summed E-state index contributed by atoms with van der Waals surface area (Å²) < 4.78 is 3.56. The Labute approximate surface area is 91.1 Å². The summed E-state index contributed by atoms with van der Waals surface area (Å²) in [6.07, 6.45) is 1.78. The summed E-state index contributed by atoms with van der Waals surface area (Å²) in [5.74, 6) is -0.380. The van der Waals surface area contributed by atoms with Crippen LogP contribution >= 0.6 is 11.5 Å². The molecule has 0 atom stereocenters. The molecule has 1 aromatic heterocycles. The van der Waals surface area contributed by atoms with Gasteiger partial charge < -0.3 is 15.5 Å². The quantitative estimate of drug-likeness (QED) is 0.629. The van der Waals surface area contributed by atoms with E-state index in [1.54, 1.807) is 6.92 Å². The Bertz CT molecular complexity index is 303. The Morgan fingerprint density at radius 1 is 1.60 bits per heavy atom. The number of aliphatic hydroxyl groups is 2. The second kappa shape index (κ2) is 5.15. The van der Waals surface area contributed by atoms with Crippen LogP contribution < -0.4 is 5.32 Å². The number of hydrogen-bond acceptors (Lipinski definition) is 6. The van der Waals surface area contributed by atoms with Gasteiger partial charge in [0.05, 0.1) is 24.9 Å². The van der Waals surface area contributed by atoms with Gasteiger partial charge in [0.2, 0.25) is 0 Å². The molecule has 1 aromatic rings. The van der Waals surface area contributed by atoms with Crippen molar-refractivity contribution in [2.24, 2.45) is 0 Å². The molecule has 0 bridgehead atoms. The van der Waals surface area contributed by atoms with E-state index in [-0.39, 0.29) is 19.1 Å². The van der Waals surface area contributed by atoms with Crippen LogP contribution in [0.25, 0.3) is 0 Å². The van der Waals surface area contributed by atoms with Crippen LogP contribution in [0.4, 0.5) is 0 Å². The van der Waals surface area contributed by atoms with E-state index in [1.165, 1.54) is 6.20 Å². The molecule has 0 saturated heterocycles. The molecule has 6 nitrogen and oxygen atoms in total. The van der Waals surface area contributed by atoms with Gasteiger partial charge in [0.15, 0.2) is 0 Å². The Kier molecular flexibility index (Phi) is 4.13. The fourth-order valence-electron chi connectivity index (χ4n) is 1.01. The van der Waals surface area contributed by atoms with E-state index >= 15 is 0 Å². The summed E-state index contributed by atoms with van der Waals surface area (Å²) >= 11 is 0.967. The van der Waals surface area contributed by atoms with Crippen molar-refractivity contribution < 1.29 is 15.0 Å². The van der Waals surface area contributed by atoms with Crippen molar-refractivity contribution in [3.8, 4) is 0 Å². The zero-order valence-electron chi connectivity index (χ0n) is 8.30. The molecule has 0 fully saturated rings. The average molecular weight is 231 g/mol. The van der Waals surface area contributed by atoms with Crippen molar-refractivity contribution in [1.29, 1.82) is 0 Å². The fraction of sp³-hybridized carbons (Fsp3) is 0.625. The van der Waals surface area contributed by atoms with E-state index < -0.39 is 5.54 Å². The van der Waals surface area contributed by atoms with Crippen LogP contribution in [0.5, 0.6) is 0 Å². The number of nitrogens with one attached hydrogen (secondary N) is 1. The first kappa shape index (κ1) is 12.0. The Morgan fingerprint density at radius 3 is 2.67 bits per heavy atom. The molecule has 0 spiro atoms. The maximum Gasteiger partial charge on any atom is 0.265 e. The predicted octanol–water partition coefficient (Wildman–Crippen LogP) is -0.599. The normalized spacial score (nSPS) is 11.4. The highest BCUT2D eigenvalue weighted by molar-refractivity contribution is 7.07. The van der Waals surface area contributed by atoms with Gasteiger partial charge in [-0.25, -0.2) is 0 Å². The Morgan fingerprint density at radius 2 is 2.27 bits per heavy atom. The smallest absolute Gasteiger partial charge is 0.265 e. The molecule has 0 aliphatic carbocycles. The molecular weight excluding hydrogens is 218 g/mol. The third kappa shape index (κ3) is 2.71. The predicted molar refractivity (Wildman–Crippen MR) is 54.6 cm³/mol. The third-order valence-electron chi connectivity index (χ3n) is 2.25. The molecule has 0 aliphatic heterocycles. The monoisotopic (exact) mass is 231 g/mol. The van der Waals surface area contributed by atoms with Crippen LogP contribution in [0.2, 0.25) is 0 Å². The number of rotatable bonds is 5. The number of amides is 1. The molecule has 3 N–H and O–H groups in total. The van der Waals surface area contributed by atoms with Crippen molar-refractivity contribution in [3.63, 3.8) is 0 Å². The second-order valence-corrected chi connectivity index (χ2v) is 3.97. The first-order valence-corrected chi connectivity index (χ1v) is 5.26. The van der Waals surface area contributed by atoms with Crippen LogP contribution in [0.15, 0.2) is 6.20 Å². The van der Waals surface area contributed by atoms with Crippen LogP contribution in [-0.4, -0.2) is 44.5 Å². The summed E-state index contributed by atoms with van der Waals surface area (Å²) in [7, 11) is 0. The molecule has 15 heavy (non-hydrogen) atoms. The largest absolute Gasteiger partial charge is 0.394 e. The van der Waals surface area contributed by atoms with Gasteiger partial charge in [-0.3, -0.25) is 4.79 Å². The van der Waals surface area contributed by atoms with Crippen LogP contribution in [0.1, 0.15) is 23.0 Å². The second-order valence-electron chi connectivity index (χ2n) is 3.19. The van der Waals surface area contributed by atoms with Gasteiger partial charge in [-0.05, 0) is 18.0 Å².